The van der Waals surface area contributed by atoms with Gasteiger partial charge in [-0.05, 0) is 37.1 Å². The number of anilines is 1. The van der Waals surface area contributed by atoms with Crippen molar-refractivity contribution in [3.63, 3.8) is 0 Å². The molecule has 2 aliphatic rings. The zero-order chi connectivity index (χ0) is 21.8. The molecule has 3 aromatic heterocycles. The van der Waals surface area contributed by atoms with E-state index in [1.54, 1.807) is 11.3 Å². The summed E-state index contributed by atoms with van der Waals surface area (Å²) in [6.07, 6.45) is 8.44. The highest BCUT2D eigenvalue weighted by Gasteiger charge is 2.23. The van der Waals surface area contributed by atoms with Crippen molar-refractivity contribution in [3.8, 4) is 10.7 Å². The Labute approximate surface area is 199 Å². The predicted molar refractivity (Wildman–Crippen MR) is 127 cm³/mol. The molecule has 0 bridgehead atoms. The highest BCUT2D eigenvalue weighted by molar-refractivity contribution is 7.99. The summed E-state index contributed by atoms with van der Waals surface area (Å²) >= 11 is 4.53. The molecule has 2 fully saturated rings. The number of aromatic nitrogens is 5. The topological polar surface area (TPSA) is 94.8 Å². The third-order valence-corrected chi connectivity index (χ3v) is 8.68. The van der Waals surface area contributed by atoms with Crippen molar-refractivity contribution in [2.24, 2.45) is 0 Å². The lowest BCUT2D eigenvalue weighted by Gasteiger charge is -2.18. The number of rotatable bonds is 8. The summed E-state index contributed by atoms with van der Waals surface area (Å²) in [6, 6.07) is 4.05. The molecule has 1 saturated heterocycles. The van der Waals surface area contributed by atoms with Gasteiger partial charge in [0.2, 0.25) is 11.0 Å². The van der Waals surface area contributed by atoms with Crippen LogP contribution in [0.5, 0.6) is 0 Å². The van der Waals surface area contributed by atoms with Crippen LogP contribution in [-0.2, 0) is 16.1 Å². The zero-order valence-electron chi connectivity index (χ0n) is 17.7. The van der Waals surface area contributed by atoms with Gasteiger partial charge >= 0.3 is 0 Å². The number of carbonyl (C=O) groups excluding carboxylic acids is 1. The summed E-state index contributed by atoms with van der Waals surface area (Å²) in [7, 11) is 0. The highest BCUT2D eigenvalue weighted by Crippen LogP contribution is 2.35. The first-order valence-electron chi connectivity index (χ1n) is 11.1. The average molecular weight is 491 g/mol. The van der Waals surface area contributed by atoms with Crippen LogP contribution in [0.3, 0.4) is 0 Å². The first kappa shape index (κ1) is 22.0. The molecule has 5 rings (SSSR count). The summed E-state index contributed by atoms with van der Waals surface area (Å²) in [4.78, 5) is 13.7. The molecule has 1 aliphatic heterocycles. The van der Waals surface area contributed by atoms with E-state index in [0.29, 0.717) is 17.6 Å². The summed E-state index contributed by atoms with van der Waals surface area (Å²) in [5, 5.41) is 24.6. The van der Waals surface area contributed by atoms with Crippen LogP contribution in [0.4, 0.5) is 5.13 Å². The Bertz CT molecular complexity index is 1020. The number of nitrogens with one attached hydrogen (secondary N) is 1. The Morgan fingerprint density at radius 3 is 2.84 bits per heavy atom. The van der Waals surface area contributed by atoms with Crippen LogP contribution < -0.4 is 5.32 Å². The Kier molecular flexibility index (Phi) is 7.16. The number of thiophene rings is 1. The second kappa shape index (κ2) is 10.4. The third kappa shape index (κ3) is 5.22. The van der Waals surface area contributed by atoms with Gasteiger partial charge in [0.15, 0.2) is 11.0 Å². The Hall–Kier alpha value is -1.82. The minimum Gasteiger partial charge on any atom is -0.376 e. The number of thioether (sulfide) groups is 1. The number of carbonyl (C=O) groups is 1. The fourth-order valence-electron chi connectivity index (χ4n) is 4.23. The fourth-order valence-corrected chi connectivity index (χ4v) is 6.62. The lowest BCUT2D eigenvalue weighted by molar-refractivity contribution is -0.113. The lowest BCUT2D eigenvalue weighted by Crippen LogP contribution is -2.18. The van der Waals surface area contributed by atoms with E-state index in [4.69, 9.17) is 4.74 Å². The van der Waals surface area contributed by atoms with Gasteiger partial charge in [-0.1, -0.05) is 48.4 Å². The van der Waals surface area contributed by atoms with Crippen LogP contribution in [0.15, 0.2) is 22.7 Å². The van der Waals surface area contributed by atoms with Gasteiger partial charge in [0, 0.05) is 12.5 Å². The maximum Gasteiger partial charge on any atom is 0.236 e. The van der Waals surface area contributed by atoms with E-state index < -0.39 is 0 Å². The zero-order valence-corrected chi connectivity index (χ0v) is 20.2. The molecule has 8 nitrogen and oxygen atoms in total. The van der Waals surface area contributed by atoms with E-state index in [0.717, 1.165) is 40.3 Å². The van der Waals surface area contributed by atoms with Crippen LogP contribution in [0.25, 0.3) is 10.7 Å². The van der Waals surface area contributed by atoms with Gasteiger partial charge in [-0.15, -0.1) is 31.7 Å². The van der Waals surface area contributed by atoms with E-state index in [1.807, 2.05) is 17.5 Å². The molecule has 1 amide bonds. The number of ether oxygens (including phenoxy) is 1. The van der Waals surface area contributed by atoms with E-state index in [9.17, 15) is 4.79 Å². The molecule has 0 unspecified atom stereocenters. The van der Waals surface area contributed by atoms with E-state index in [1.165, 1.54) is 55.2 Å². The monoisotopic (exact) mass is 490 g/mol. The molecule has 1 N–H and O–H groups in total. The van der Waals surface area contributed by atoms with Crippen LogP contribution in [0.2, 0.25) is 0 Å². The molecule has 0 aromatic carbocycles. The van der Waals surface area contributed by atoms with Crippen molar-refractivity contribution in [2.45, 2.75) is 68.7 Å². The van der Waals surface area contributed by atoms with Gasteiger partial charge in [0.05, 0.1) is 23.3 Å². The summed E-state index contributed by atoms with van der Waals surface area (Å²) in [5.41, 5.74) is 0. The van der Waals surface area contributed by atoms with Crippen molar-refractivity contribution >= 4 is 45.5 Å². The first-order valence-corrected chi connectivity index (χ1v) is 13.8. The van der Waals surface area contributed by atoms with Crippen LogP contribution in [0, 0.1) is 0 Å². The molecule has 0 spiro atoms. The predicted octanol–water partition coefficient (Wildman–Crippen LogP) is 4.82. The summed E-state index contributed by atoms with van der Waals surface area (Å²) in [6.45, 7) is 1.50. The first-order chi connectivity index (χ1) is 15.8. The van der Waals surface area contributed by atoms with Crippen LogP contribution in [0.1, 0.15) is 55.9 Å². The molecule has 11 heteroatoms. The summed E-state index contributed by atoms with van der Waals surface area (Å²) in [5.74, 6) is 1.46. The molecule has 3 aromatic rings. The van der Waals surface area contributed by atoms with Gasteiger partial charge in [-0.3, -0.25) is 14.7 Å². The molecule has 170 valence electrons. The number of amides is 1. The molecule has 32 heavy (non-hydrogen) atoms. The molecule has 4 heterocycles. The lowest BCUT2D eigenvalue weighted by atomic mass is 9.90. The third-order valence-electron chi connectivity index (χ3n) is 5.84. The Balaban J connectivity index is 1.22. The maximum atomic E-state index is 12.6. The van der Waals surface area contributed by atoms with Crippen molar-refractivity contribution in [1.29, 1.82) is 0 Å². The van der Waals surface area contributed by atoms with Gasteiger partial charge in [0.25, 0.3) is 0 Å². The Morgan fingerprint density at radius 2 is 2.06 bits per heavy atom. The SMILES string of the molecule is O=C(CSc1nnc(-c2cccs2)n1C[C@@H]1CCCO1)Nc1nnc(C2CCCCC2)s1. The number of hydrogen-bond acceptors (Lipinski definition) is 9. The standard InChI is InChI=1S/C21H26N6O2S3/c28-17(22-20-25-24-19(32-20)14-6-2-1-3-7-14)13-31-21-26-23-18(16-9-5-11-30-16)27(21)12-15-8-4-10-29-15/h5,9,11,14-15H,1-4,6-8,10,12-13H2,(H,22,25,28)/t15-/m0/s1. The molecule has 1 atom stereocenters. The van der Waals surface area contributed by atoms with Crippen molar-refractivity contribution in [2.75, 3.05) is 17.7 Å². The van der Waals surface area contributed by atoms with Crippen molar-refractivity contribution in [1.82, 2.24) is 25.0 Å². The molecule has 1 aliphatic carbocycles. The van der Waals surface area contributed by atoms with E-state index >= 15 is 0 Å². The van der Waals surface area contributed by atoms with Gasteiger partial charge < -0.3 is 4.74 Å². The number of nitrogens with zero attached hydrogens (tertiary/aromatic N) is 5. The largest absolute Gasteiger partial charge is 0.376 e. The average Bonchev–Trinajstić information content (AvgIpc) is 3.61. The minimum atomic E-state index is -0.106. The van der Waals surface area contributed by atoms with Gasteiger partial charge in [-0.25, -0.2) is 0 Å². The normalized spacial score (nSPS) is 19.4. The van der Waals surface area contributed by atoms with Crippen molar-refractivity contribution in [3.05, 3.63) is 22.5 Å². The maximum absolute atomic E-state index is 12.6. The molecule has 1 saturated carbocycles. The molecular weight excluding hydrogens is 464 g/mol. The summed E-state index contributed by atoms with van der Waals surface area (Å²) < 4.78 is 7.92. The quantitative estimate of drug-likeness (QED) is 0.453. The Morgan fingerprint density at radius 1 is 1.16 bits per heavy atom. The molecular formula is C21H26N6O2S3. The van der Waals surface area contributed by atoms with Gasteiger partial charge in [0.1, 0.15) is 5.01 Å². The minimum absolute atomic E-state index is 0.106. The van der Waals surface area contributed by atoms with Crippen LogP contribution in [-0.4, -0.2) is 49.3 Å². The van der Waals surface area contributed by atoms with E-state index in [-0.39, 0.29) is 17.8 Å². The second-order valence-corrected chi connectivity index (χ2v) is 11.0. The van der Waals surface area contributed by atoms with Crippen molar-refractivity contribution < 1.29 is 9.53 Å². The second-order valence-electron chi connectivity index (χ2n) is 8.15. The smallest absolute Gasteiger partial charge is 0.236 e. The number of hydrogen-bond donors (Lipinski definition) is 1. The fraction of sp³-hybridized carbons (Fsp3) is 0.571. The van der Waals surface area contributed by atoms with Crippen LogP contribution >= 0.6 is 34.4 Å². The molecule has 0 radical (unpaired) electrons. The van der Waals surface area contributed by atoms with Gasteiger partial charge in [-0.2, -0.15) is 0 Å². The van der Waals surface area contributed by atoms with E-state index in [2.05, 4.69) is 30.3 Å². The highest BCUT2D eigenvalue weighted by atomic mass is 32.2.